The lowest BCUT2D eigenvalue weighted by Gasteiger charge is -2.31. The molecule has 31 heavy (non-hydrogen) atoms. The Morgan fingerprint density at radius 1 is 1.03 bits per heavy atom. The summed E-state index contributed by atoms with van der Waals surface area (Å²) in [5.41, 5.74) is -0.0570. The van der Waals surface area contributed by atoms with E-state index in [-0.39, 0.29) is 25.1 Å². The van der Waals surface area contributed by atoms with E-state index in [4.69, 9.17) is 0 Å². The van der Waals surface area contributed by atoms with E-state index in [1.807, 2.05) is 0 Å². The van der Waals surface area contributed by atoms with Gasteiger partial charge in [0.25, 0.3) is 11.8 Å². The number of alkyl halides is 3. The van der Waals surface area contributed by atoms with Crippen LogP contribution >= 0.6 is 0 Å². The molecule has 0 aromatic heterocycles. The molecule has 0 radical (unpaired) electrons. The summed E-state index contributed by atoms with van der Waals surface area (Å²) in [6.07, 6.45) is -5.55. The highest BCUT2D eigenvalue weighted by Gasteiger charge is 2.50. The lowest BCUT2D eigenvalue weighted by atomic mass is 9.89. The molecular formula is C21H17F4N3O3. The topological polar surface area (TPSA) is 78.5 Å². The van der Waals surface area contributed by atoms with Crippen molar-refractivity contribution >= 4 is 17.8 Å². The SMILES string of the molecule is O=C1NC(=O)C(CN2Cc3ccc(CCC(F)(F)F)cc3C2=O)(c2ccc(F)cc2)N1. The number of nitrogens with one attached hydrogen (secondary N) is 2. The average molecular weight is 435 g/mol. The predicted octanol–water partition coefficient (Wildman–Crippen LogP) is 3.01. The first kappa shape index (κ1) is 20.8. The van der Waals surface area contributed by atoms with Crippen molar-refractivity contribution in [1.29, 1.82) is 0 Å². The highest BCUT2D eigenvalue weighted by Crippen LogP contribution is 2.32. The van der Waals surface area contributed by atoms with Crippen LogP contribution in [0.3, 0.4) is 0 Å². The van der Waals surface area contributed by atoms with E-state index in [9.17, 15) is 31.9 Å². The average Bonchev–Trinajstić information content (AvgIpc) is 3.16. The quantitative estimate of drug-likeness (QED) is 0.560. The fraction of sp³-hybridized carbons (Fsp3) is 0.286. The fourth-order valence-electron chi connectivity index (χ4n) is 3.90. The Labute approximate surface area is 174 Å². The van der Waals surface area contributed by atoms with Crippen molar-refractivity contribution in [3.05, 3.63) is 70.5 Å². The van der Waals surface area contributed by atoms with Crippen LogP contribution in [0.25, 0.3) is 0 Å². The van der Waals surface area contributed by atoms with Crippen LogP contribution in [0.4, 0.5) is 22.4 Å². The molecule has 162 valence electrons. The van der Waals surface area contributed by atoms with Crippen LogP contribution in [0.1, 0.15) is 33.5 Å². The second-order valence-electron chi connectivity index (χ2n) is 7.59. The monoisotopic (exact) mass is 435 g/mol. The van der Waals surface area contributed by atoms with E-state index >= 15 is 0 Å². The zero-order valence-electron chi connectivity index (χ0n) is 16.1. The number of halogens is 4. The number of amides is 4. The molecular weight excluding hydrogens is 418 g/mol. The fourth-order valence-corrected chi connectivity index (χ4v) is 3.90. The van der Waals surface area contributed by atoms with Gasteiger partial charge in [0, 0.05) is 18.5 Å². The first-order valence-corrected chi connectivity index (χ1v) is 9.45. The van der Waals surface area contributed by atoms with Crippen LogP contribution in [0.2, 0.25) is 0 Å². The van der Waals surface area contributed by atoms with Gasteiger partial charge in [-0.3, -0.25) is 14.9 Å². The van der Waals surface area contributed by atoms with Gasteiger partial charge in [-0.1, -0.05) is 24.3 Å². The molecule has 2 aromatic carbocycles. The number of aryl methyl sites for hydroxylation is 1. The molecule has 1 unspecified atom stereocenters. The van der Waals surface area contributed by atoms with Gasteiger partial charge in [-0.15, -0.1) is 0 Å². The van der Waals surface area contributed by atoms with Crippen LogP contribution in [0, 0.1) is 5.82 Å². The molecule has 1 atom stereocenters. The summed E-state index contributed by atoms with van der Waals surface area (Å²) in [7, 11) is 0. The highest BCUT2D eigenvalue weighted by atomic mass is 19.4. The van der Waals surface area contributed by atoms with E-state index in [0.717, 1.165) is 12.1 Å². The van der Waals surface area contributed by atoms with Gasteiger partial charge in [0.15, 0.2) is 5.54 Å². The number of urea groups is 1. The van der Waals surface area contributed by atoms with E-state index < -0.39 is 41.8 Å². The minimum Gasteiger partial charge on any atom is -0.331 e. The summed E-state index contributed by atoms with van der Waals surface area (Å²) in [6.45, 7) is -0.0958. The molecule has 0 bridgehead atoms. The third kappa shape index (κ3) is 3.97. The Kier molecular flexibility index (Phi) is 4.95. The van der Waals surface area contributed by atoms with Gasteiger partial charge in [-0.2, -0.15) is 13.2 Å². The van der Waals surface area contributed by atoms with Crippen molar-refractivity contribution in [2.45, 2.75) is 31.1 Å². The zero-order chi connectivity index (χ0) is 22.4. The largest absolute Gasteiger partial charge is 0.389 e. The van der Waals surface area contributed by atoms with Crippen LogP contribution < -0.4 is 10.6 Å². The Morgan fingerprint density at radius 3 is 2.35 bits per heavy atom. The molecule has 2 aromatic rings. The maximum Gasteiger partial charge on any atom is 0.389 e. The first-order valence-electron chi connectivity index (χ1n) is 9.45. The molecule has 2 N–H and O–H groups in total. The number of benzene rings is 2. The molecule has 10 heteroatoms. The summed E-state index contributed by atoms with van der Waals surface area (Å²) in [5.74, 6) is -1.67. The zero-order valence-corrected chi connectivity index (χ0v) is 16.1. The molecule has 2 heterocycles. The van der Waals surface area contributed by atoms with Gasteiger partial charge in [0.2, 0.25) is 0 Å². The highest BCUT2D eigenvalue weighted by molar-refractivity contribution is 6.08. The molecule has 2 aliphatic rings. The summed E-state index contributed by atoms with van der Waals surface area (Å²) < 4.78 is 50.9. The van der Waals surface area contributed by atoms with Crippen LogP contribution in [-0.2, 0) is 23.3 Å². The predicted molar refractivity (Wildman–Crippen MR) is 100 cm³/mol. The molecule has 2 aliphatic heterocycles. The van der Waals surface area contributed by atoms with E-state index in [1.54, 1.807) is 12.1 Å². The number of hydrogen-bond acceptors (Lipinski definition) is 3. The maximum atomic E-state index is 13.4. The van der Waals surface area contributed by atoms with Crippen LogP contribution in [0.15, 0.2) is 42.5 Å². The molecule has 0 spiro atoms. The summed E-state index contributed by atoms with van der Waals surface area (Å²) in [6, 6.07) is 8.81. The van der Waals surface area contributed by atoms with Gasteiger partial charge in [0.1, 0.15) is 5.82 Å². The van der Waals surface area contributed by atoms with Crippen LogP contribution in [-0.4, -0.2) is 35.5 Å². The number of rotatable bonds is 5. The summed E-state index contributed by atoms with van der Waals surface area (Å²) >= 11 is 0. The van der Waals surface area contributed by atoms with E-state index in [1.165, 1.54) is 23.1 Å². The van der Waals surface area contributed by atoms with Crippen molar-refractivity contribution in [2.75, 3.05) is 6.54 Å². The minimum atomic E-state index is -4.30. The first-order chi connectivity index (χ1) is 14.6. The standard InChI is InChI=1S/C21H17F4N3O3/c22-15-5-3-14(4-6-15)20(18(30)26-19(31)27-20)11-28-10-13-2-1-12(7-8-21(23,24)25)9-16(13)17(28)29/h1-6,9H,7-8,10-11H2,(H2,26,27,30,31). The third-order valence-corrected chi connectivity index (χ3v) is 5.46. The van der Waals surface area contributed by atoms with Crippen molar-refractivity contribution in [3.63, 3.8) is 0 Å². The number of imide groups is 1. The molecule has 4 amide bonds. The molecule has 6 nitrogen and oxygen atoms in total. The van der Waals surface area contributed by atoms with Gasteiger partial charge in [-0.25, -0.2) is 9.18 Å². The smallest absolute Gasteiger partial charge is 0.331 e. The molecule has 1 saturated heterocycles. The van der Waals surface area contributed by atoms with Gasteiger partial charge >= 0.3 is 12.2 Å². The second kappa shape index (κ2) is 7.36. The number of carbonyl (C=O) groups is 3. The molecule has 0 saturated carbocycles. The number of nitrogens with zero attached hydrogens (tertiary/aromatic N) is 1. The van der Waals surface area contributed by atoms with Gasteiger partial charge < -0.3 is 10.2 Å². The second-order valence-corrected chi connectivity index (χ2v) is 7.59. The lowest BCUT2D eigenvalue weighted by molar-refractivity contribution is -0.134. The van der Waals surface area contributed by atoms with Gasteiger partial charge in [-0.05, 0) is 41.3 Å². The van der Waals surface area contributed by atoms with Crippen LogP contribution in [0.5, 0.6) is 0 Å². The van der Waals surface area contributed by atoms with Crippen molar-refractivity contribution in [2.24, 2.45) is 0 Å². The molecule has 4 rings (SSSR count). The maximum absolute atomic E-state index is 13.4. The van der Waals surface area contributed by atoms with Crippen molar-refractivity contribution in [3.8, 4) is 0 Å². The Hall–Kier alpha value is -3.43. The van der Waals surface area contributed by atoms with Gasteiger partial charge in [0.05, 0.1) is 6.54 Å². The third-order valence-electron chi connectivity index (χ3n) is 5.46. The van der Waals surface area contributed by atoms with E-state index in [0.29, 0.717) is 16.7 Å². The molecule has 1 fully saturated rings. The number of hydrogen-bond donors (Lipinski definition) is 2. The minimum absolute atomic E-state index is 0.125. The van der Waals surface area contributed by atoms with Crippen molar-refractivity contribution in [1.82, 2.24) is 15.5 Å². The number of fused-ring (bicyclic) bond motifs is 1. The summed E-state index contributed by atoms with van der Waals surface area (Å²) in [4.78, 5) is 38.8. The normalized spacial score (nSPS) is 20.6. The van der Waals surface area contributed by atoms with Crippen molar-refractivity contribution < 1.29 is 31.9 Å². The Bertz CT molecular complexity index is 1070. The number of carbonyl (C=O) groups excluding carboxylic acids is 3. The van der Waals surface area contributed by atoms with E-state index in [2.05, 4.69) is 10.6 Å². The summed E-state index contributed by atoms with van der Waals surface area (Å²) in [5, 5.41) is 4.68. The molecule has 0 aliphatic carbocycles. The Morgan fingerprint density at radius 2 is 1.74 bits per heavy atom. The Balaban J connectivity index is 1.60. The lowest BCUT2D eigenvalue weighted by Crippen LogP contribution is -2.52.